The third-order valence-electron chi connectivity index (χ3n) is 26.6. The number of ether oxygens (including phenoxy) is 1. The van der Waals surface area contributed by atoms with Crippen LogP contribution in [0.15, 0.2) is 59.5 Å². The lowest BCUT2D eigenvalue weighted by atomic mass is 9.67. The number of fused-ring (bicyclic) bond motifs is 3. The zero-order valence-electron chi connectivity index (χ0n) is 83.2. The zero-order valence-corrected chi connectivity index (χ0v) is 84.8. The van der Waals surface area contributed by atoms with Crippen LogP contribution in [0.2, 0.25) is 0 Å². The first-order valence-corrected chi connectivity index (χ1v) is 53.2. The lowest BCUT2D eigenvalue weighted by Gasteiger charge is -2.39. The molecule has 0 saturated heterocycles. The molecule has 5 rings (SSSR count). The van der Waals surface area contributed by atoms with Crippen molar-refractivity contribution in [3.05, 3.63) is 76.9 Å². The van der Waals surface area contributed by atoms with Crippen LogP contribution in [0.3, 0.4) is 0 Å². The van der Waals surface area contributed by atoms with Gasteiger partial charge in [0, 0.05) is 17.6 Å². The first-order chi connectivity index (χ1) is 56.5. The van der Waals surface area contributed by atoms with Crippen LogP contribution in [0.1, 0.15) is 455 Å². The average Bonchev–Trinajstić information content (AvgIpc) is 1.56. The minimum absolute atomic E-state index is 0.00511. The summed E-state index contributed by atoms with van der Waals surface area (Å²) in [5, 5.41) is 1.94. The number of ketones is 1. The van der Waals surface area contributed by atoms with Crippen molar-refractivity contribution in [1.29, 1.82) is 0 Å². The van der Waals surface area contributed by atoms with Gasteiger partial charge in [0.1, 0.15) is 15.9 Å². The number of carbonyl (C=O) groups is 2. The summed E-state index contributed by atoms with van der Waals surface area (Å²) in [6.07, 6.45) is 48.6. The maximum absolute atomic E-state index is 11.8. The molecule has 2 bridgehead atoms. The van der Waals surface area contributed by atoms with Crippen LogP contribution in [0.4, 0.5) is 0 Å². The van der Waals surface area contributed by atoms with Gasteiger partial charge in [-0.3, -0.25) is 4.79 Å². The minimum atomic E-state index is -4.45. The minimum Gasteiger partial charge on any atom is -0.748 e. The van der Waals surface area contributed by atoms with Gasteiger partial charge in [0.25, 0.3) is 0 Å². The van der Waals surface area contributed by atoms with Crippen LogP contribution < -0.4 is 0 Å². The second kappa shape index (κ2) is 67.1. The van der Waals surface area contributed by atoms with Gasteiger partial charge in [-0.1, -0.05) is 318 Å². The van der Waals surface area contributed by atoms with Crippen molar-refractivity contribution in [2.45, 2.75) is 433 Å². The molecule has 2 aliphatic carbocycles. The Kier molecular flexibility index (Phi) is 66.4. The molecule has 0 aromatic heterocycles. The Bertz CT molecular complexity index is 2910. The number of hydrogen-bond donors (Lipinski definition) is 0. The highest BCUT2D eigenvalue weighted by Gasteiger charge is 2.62. The fourth-order valence-electron chi connectivity index (χ4n) is 18.2. The molecule has 2 aliphatic rings. The molecule has 13 nitrogen and oxygen atoms in total. The summed E-state index contributed by atoms with van der Waals surface area (Å²) >= 11 is 0. The number of Topliss-reactive ketones (excluding diaryl/α,β-unsaturated/α-hetero) is 1. The summed E-state index contributed by atoms with van der Waals surface area (Å²) in [5.41, 5.74) is 3.12. The standard InChI is InChI=1S/4C16H36N.C15H24O3S.C14H14O5S.C11H18O/c4*1-5-9-13-17(14-10-6-2,15-11-7-3)16-12-8-4;1-9(2)12-7-13(10(3)4)15(19(16,17)18)14(8-12)11(5)6;15-14(19-8-3-9-20(16,17)18)13-7-6-11-4-1-2-5-12(11)10-13;1-4-11-6-5-8(7-9(11)12)10(11,2)3/h4*5-16H2,1-4H3;7-11H,1-6H3,(H,16,17,18);1-2,4-7,10H,3,8-9H2,(H,16,17,18);8H,4-7H2,1-3H3/q4*+1;;;/p-2. The Morgan fingerprint density at radius 2 is 0.681 bits per heavy atom. The molecule has 3 aromatic rings. The molecule has 15 heteroatoms. The Balaban J connectivity index is 0. The molecule has 119 heavy (non-hydrogen) atoms. The van der Waals surface area contributed by atoms with Gasteiger partial charge in [0.05, 0.1) is 132 Å². The predicted molar refractivity (Wildman–Crippen MR) is 516 cm³/mol. The van der Waals surface area contributed by atoms with Crippen LogP contribution in [-0.4, -0.2) is 173 Å². The van der Waals surface area contributed by atoms with Crippen LogP contribution in [-0.2, 0) is 29.8 Å². The van der Waals surface area contributed by atoms with Crippen molar-refractivity contribution < 1.29 is 58.2 Å². The van der Waals surface area contributed by atoms with E-state index in [-0.39, 0.29) is 35.2 Å². The van der Waals surface area contributed by atoms with E-state index >= 15 is 0 Å². The van der Waals surface area contributed by atoms with Crippen LogP contribution >= 0.6 is 0 Å². The van der Waals surface area contributed by atoms with Gasteiger partial charge >= 0.3 is 5.97 Å². The highest BCUT2D eigenvalue weighted by Crippen LogP contribution is 2.65. The van der Waals surface area contributed by atoms with E-state index in [2.05, 4.69) is 145 Å². The second-order valence-electron chi connectivity index (χ2n) is 37.9. The topological polar surface area (TPSA) is 158 Å². The number of carbonyl (C=O) groups excluding carboxylic acids is 2. The lowest BCUT2D eigenvalue weighted by molar-refractivity contribution is -0.929. The monoisotopic (exact) mass is 1710 g/mol. The molecular formula is C104H198N4O9S2+2. The fraction of sp³-hybridized carbons (Fsp3) is 0.827. The summed E-state index contributed by atoms with van der Waals surface area (Å²) in [5.74, 6) is 0.497. The Morgan fingerprint density at radius 1 is 0.403 bits per heavy atom. The van der Waals surface area contributed by atoms with Gasteiger partial charge in [0.2, 0.25) is 0 Å². The van der Waals surface area contributed by atoms with E-state index in [1.54, 1.807) is 12.1 Å². The van der Waals surface area contributed by atoms with Crippen LogP contribution in [0, 0.1) is 16.7 Å². The molecule has 0 aliphatic heterocycles. The summed E-state index contributed by atoms with van der Waals surface area (Å²) in [4.78, 5) is 23.6. The number of esters is 1. The molecule has 0 N–H and O–H groups in total. The molecule has 3 aromatic carbocycles. The summed E-state index contributed by atoms with van der Waals surface area (Å²) in [6.45, 7) is 78.5. The Hall–Kier alpha value is -3.28. The highest BCUT2D eigenvalue weighted by molar-refractivity contribution is 7.86. The van der Waals surface area contributed by atoms with Gasteiger partial charge in [-0.05, 0) is 197 Å². The quantitative estimate of drug-likeness (QED) is 0.0232. The van der Waals surface area contributed by atoms with E-state index < -0.39 is 32.0 Å². The number of nitrogens with zero attached hydrogens (tertiary/aromatic N) is 4. The SMILES string of the molecule is CC(C)c1cc(C(C)C)c(S(=O)(=O)[O-])c(C(C)C)c1.CCC12CCC(CC1=O)C2(C)C.CCCC[N+](CCCC)(CCCC)CCCC.CCCC[N+](CCCC)(CCCC)CCCC.CCCC[N+](CCCC)(CCCC)CCCC.CCCC[N+](CCCC)(CCCC)CCCC.O=C(OCCCS(=O)(=O)[O-])c1ccc2ccccc2c1. The van der Waals surface area contributed by atoms with Gasteiger partial charge in [0.15, 0.2) is 0 Å². The van der Waals surface area contributed by atoms with Gasteiger partial charge < -0.3 is 31.8 Å². The normalized spacial score (nSPS) is 15.2. The number of hydrogen-bond acceptors (Lipinski definition) is 9. The Labute approximate surface area is 740 Å². The molecule has 0 amide bonds. The van der Waals surface area contributed by atoms with Crippen molar-refractivity contribution in [2.75, 3.05) is 117 Å². The highest BCUT2D eigenvalue weighted by atomic mass is 32.2. The summed E-state index contributed by atoms with van der Waals surface area (Å²) in [7, 11) is -8.70. The van der Waals surface area contributed by atoms with Crippen molar-refractivity contribution in [3.8, 4) is 0 Å². The number of quaternary nitrogens is 4. The van der Waals surface area contributed by atoms with Gasteiger partial charge in [-0.25, -0.2) is 21.6 Å². The fourth-order valence-corrected chi connectivity index (χ4v) is 19.8. The average molecular weight is 1710 g/mol. The molecule has 2 atom stereocenters. The van der Waals surface area contributed by atoms with Gasteiger partial charge in [-0.2, -0.15) is 0 Å². The largest absolute Gasteiger partial charge is 0.748 e. The number of rotatable bonds is 58. The molecule has 698 valence electrons. The number of unbranched alkanes of at least 4 members (excludes halogenated alkanes) is 16. The lowest BCUT2D eigenvalue weighted by Crippen LogP contribution is -2.50. The van der Waals surface area contributed by atoms with Crippen molar-refractivity contribution in [3.63, 3.8) is 0 Å². The maximum Gasteiger partial charge on any atom is 0.338 e. The smallest absolute Gasteiger partial charge is 0.338 e. The Morgan fingerprint density at radius 3 is 0.882 bits per heavy atom. The summed E-state index contributed by atoms with van der Waals surface area (Å²) in [6, 6.07) is 16.5. The third-order valence-corrected chi connectivity index (χ3v) is 28.4. The first-order valence-electron chi connectivity index (χ1n) is 50.2. The molecule has 2 fully saturated rings. The van der Waals surface area contributed by atoms with E-state index in [1.807, 2.05) is 70.2 Å². The summed E-state index contributed by atoms with van der Waals surface area (Å²) < 4.78 is 76.6. The molecular weight excluding hydrogens is 1510 g/mol. The van der Waals surface area contributed by atoms with Crippen molar-refractivity contribution in [2.24, 2.45) is 16.7 Å². The van der Waals surface area contributed by atoms with Crippen LogP contribution in [0.5, 0.6) is 0 Å². The third kappa shape index (κ3) is 46.7. The molecule has 0 heterocycles. The molecule has 2 unspecified atom stereocenters. The van der Waals surface area contributed by atoms with Gasteiger partial charge in [-0.15, -0.1) is 0 Å². The first kappa shape index (κ1) is 118. The zero-order chi connectivity index (χ0) is 90.5. The van der Waals surface area contributed by atoms with E-state index in [9.17, 15) is 35.5 Å². The molecule has 2 saturated carbocycles. The van der Waals surface area contributed by atoms with E-state index in [4.69, 9.17) is 4.74 Å². The van der Waals surface area contributed by atoms with Crippen molar-refractivity contribution in [1.82, 2.24) is 0 Å². The second-order valence-corrected chi connectivity index (χ2v) is 40.7. The molecule has 0 radical (unpaired) electrons. The van der Waals surface area contributed by atoms with Crippen molar-refractivity contribution >= 4 is 42.8 Å². The maximum atomic E-state index is 11.8. The van der Waals surface area contributed by atoms with E-state index in [0.29, 0.717) is 39.7 Å². The van der Waals surface area contributed by atoms with E-state index in [1.165, 1.54) is 335 Å². The number of benzene rings is 3. The van der Waals surface area contributed by atoms with E-state index in [0.717, 1.165) is 35.6 Å². The van der Waals surface area contributed by atoms with Crippen LogP contribution in [0.25, 0.3) is 10.8 Å². The predicted octanol–water partition coefficient (Wildman–Crippen LogP) is 28.7. The molecule has 0 spiro atoms.